The number of likely N-dealkylation sites (N-methyl/N-ethyl adjacent to an activating group) is 1. The highest BCUT2D eigenvalue weighted by molar-refractivity contribution is 6.31. The number of carbonyl (C=O) groups excluding carboxylic acids is 1. The first-order valence-corrected chi connectivity index (χ1v) is 8.96. The van der Waals surface area contributed by atoms with Crippen LogP contribution in [0.1, 0.15) is 5.56 Å². The molecule has 0 fully saturated rings. The number of nitrogens with zero attached hydrogens (tertiary/aromatic N) is 4. The summed E-state index contributed by atoms with van der Waals surface area (Å²) in [6.45, 7) is 2.32. The summed E-state index contributed by atoms with van der Waals surface area (Å²) in [5, 5.41) is 1.75. The van der Waals surface area contributed by atoms with E-state index in [0.717, 1.165) is 23.0 Å². The Morgan fingerprint density at radius 2 is 2.04 bits per heavy atom. The van der Waals surface area contributed by atoms with Crippen molar-refractivity contribution in [3.05, 3.63) is 65.6 Å². The number of pyridine rings is 1. The first-order valence-electron chi connectivity index (χ1n) is 8.59. The van der Waals surface area contributed by atoms with Crippen LogP contribution >= 0.6 is 11.6 Å². The monoisotopic (exact) mass is 370 g/mol. The lowest BCUT2D eigenvalue weighted by molar-refractivity contribution is -0.132. The summed E-state index contributed by atoms with van der Waals surface area (Å²) in [5.74, 6) is 0.0770. The zero-order valence-corrected chi connectivity index (χ0v) is 15.9. The molecule has 0 saturated carbocycles. The fraction of sp³-hybridized carbons (Fsp3) is 0.300. The summed E-state index contributed by atoms with van der Waals surface area (Å²) >= 11 is 6.12. The molecule has 0 N–H and O–H groups in total. The lowest BCUT2D eigenvalue weighted by Gasteiger charge is -2.25. The molecule has 1 amide bonds. The molecule has 6 heteroatoms. The maximum Gasteiger partial charge on any atom is 0.242 e. The van der Waals surface area contributed by atoms with Crippen molar-refractivity contribution in [2.45, 2.75) is 13.1 Å². The van der Waals surface area contributed by atoms with Gasteiger partial charge in [0, 0.05) is 48.8 Å². The molecule has 0 aliphatic heterocycles. The molecule has 0 aliphatic carbocycles. The van der Waals surface area contributed by atoms with Gasteiger partial charge < -0.3 is 14.4 Å². The Balaban J connectivity index is 1.78. The van der Waals surface area contributed by atoms with Gasteiger partial charge in [0.1, 0.15) is 6.54 Å². The van der Waals surface area contributed by atoms with Crippen molar-refractivity contribution >= 4 is 28.4 Å². The number of hydrogen-bond acceptors (Lipinski definition) is 3. The van der Waals surface area contributed by atoms with E-state index in [0.29, 0.717) is 18.1 Å². The predicted molar refractivity (Wildman–Crippen MR) is 105 cm³/mol. The van der Waals surface area contributed by atoms with Crippen LogP contribution in [0.25, 0.3) is 10.9 Å². The summed E-state index contributed by atoms with van der Waals surface area (Å²) in [6, 6.07) is 11.6. The quantitative estimate of drug-likeness (QED) is 0.641. The van der Waals surface area contributed by atoms with Crippen LogP contribution in [0.4, 0.5) is 0 Å². The molecule has 0 bridgehead atoms. The van der Waals surface area contributed by atoms with E-state index in [4.69, 9.17) is 11.6 Å². The Morgan fingerprint density at radius 1 is 1.19 bits per heavy atom. The van der Waals surface area contributed by atoms with Crippen LogP contribution in [-0.4, -0.2) is 52.4 Å². The van der Waals surface area contributed by atoms with Crippen LogP contribution < -0.4 is 0 Å². The maximum atomic E-state index is 13.0. The average Bonchev–Trinajstić information content (AvgIpc) is 3.01. The third kappa shape index (κ3) is 4.62. The zero-order chi connectivity index (χ0) is 18.5. The summed E-state index contributed by atoms with van der Waals surface area (Å²) < 4.78 is 1.95. The second-order valence-corrected chi connectivity index (χ2v) is 7.06. The third-order valence-electron chi connectivity index (χ3n) is 4.31. The predicted octanol–water partition coefficient (Wildman–Crippen LogP) is 3.28. The van der Waals surface area contributed by atoms with Crippen LogP contribution in [-0.2, 0) is 17.9 Å². The topological polar surface area (TPSA) is 41.4 Å². The largest absolute Gasteiger partial charge is 0.338 e. The van der Waals surface area contributed by atoms with Crippen molar-refractivity contribution in [2.75, 3.05) is 27.2 Å². The maximum absolute atomic E-state index is 13.0. The van der Waals surface area contributed by atoms with Crippen molar-refractivity contribution < 1.29 is 4.79 Å². The molecule has 0 radical (unpaired) electrons. The van der Waals surface area contributed by atoms with Crippen LogP contribution in [0.2, 0.25) is 5.02 Å². The highest BCUT2D eigenvalue weighted by atomic mass is 35.5. The Hall–Kier alpha value is -2.37. The number of aromatic nitrogens is 2. The van der Waals surface area contributed by atoms with E-state index in [2.05, 4.69) is 9.88 Å². The molecule has 1 aromatic carbocycles. The van der Waals surface area contributed by atoms with Gasteiger partial charge in [-0.3, -0.25) is 9.78 Å². The van der Waals surface area contributed by atoms with Gasteiger partial charge in [0.15, 0.2) is 0 Å². The van der Waals surface area contributed by atoms with Crippen molar-refractivity contribution in [3.8, 4) is 0 Å². The molecular formula is C20H23ClN4O. The van der Waals surface area contributed by atoms with E-state index in [9.17, 15) is 4.79 Å². The minimum Gasteiger partial charge on any atom is -0.338 e. The number of benzene rings is 1. The molecule has 2 aromatic heterocycles. The molecular weight excluding hydrogens is 348 g/mol. The molecule has 5 nitrogen and oxygen atoms in total. The van der Waals surface area contributed by atoms with Gasteiger partial charge >= 0.3 is 0 Å². The number of amides is 1. The van der Waals surface area contributed by atoms with Crippen LogP contribution in [0.15, 0.2) is 55.0 Å². The van der Waals surface area contributed by atoms with E-state index in [1.54, 1.807) is 12.4 Å². The van der Waals surface area contributed by atoms with Gasteiger partial charge in [0.05, 0.1) is 0 Å². The lowest BCUT2D eigenvalue weighted by Crippen LogP contribution is -2.38. The third-order valence-corrected chi connectivity index (χ3v) is 4.54. The van der Waals surface area contributed by atoms with E-state index in [-0.39, 0.29) is 12.5 Å². The number of rotatable bonds is 7. The van der Waals surface area contributed by atoms with Crippen molar-refractivity contribution in [3.63, 3.8) is 0 Å². The number of carbonyl (C=O) groups is 1. The summed E-state index contributed by atoms with van der Waals surface area (Å²) in [5.41, 5.74) is 2.00. The molecule has 0 aliphatic rings. The molecule has 26 heavy (non-hydrogen) atoms. The Bertz CT molecular complexity index is 876. The smallest absolute Gasteiger partial charge is 0.242 e. The highest BCUT2D eigenvalue weighted by Crippen LogP contribution is 2.20. The van der Waals surface area contributed by atoms with E-state index in [1.807, 2.05) is 66.2 Å². The standard InChI is InChI=1S/C20H23ClN4O/c1-23(2)10-11-25(14-16-4-3-8-22-13-16)20(26)15-24-9-7-17-5-6-18(21)12-19(17)24/h3-9,12-13H,10-11,14-15H2,1-2H3. The molecule has 2 heterocycles. The second kappa shape index (κ2) is 8.34. The second-order valence-electron chi connectivity index (χ2n) is 6.63. The highest BCUT2D eigenvalue weighted by Gasteiger charge is 2.16. The van der Waals surface area contributed by atoms with Gasteiger partial charge in [0.2, 0.25) is 5.91 Å². The van der Waals surface area contributed by atoms with Gasteiger partial charge in [-0.1, -0.05) is 23.7 Å². The molecule has 136 valence electrons. The van der Waals surface area contributed by atoms with Gasteiger partial charge in [-0.05, 0) is 49.3 Å². The summed E-state index contributed by atoms with van der Waals surface area (Å²) in [4.78, 5) is 21.1. The van der Waals surface area contributed by atoms with Crippen molar-refractivity contribution in [1.29, 1.82) is 0 Å². The molecule has 0 spiro atoms. The Kier molecular flexibility index (Phi) is 5.91. The fourth-order valence-corrected chi connectivity index (χ4v) is 3.03. The van der Waals surface area contributed by atoms with Gasteiger partial charge in [-0.15, -0.1) is 0 Å². The number of halogens is 1. The molecule has 0 saturated heterocycles. The van der Waals surface area contributed by atoms with Gasteiger partial charge in [0.25, 0.3) is 0 Å². The first-order chi connectivity index (χ1) is 12.5. The lowest BCUT2D eigenvalue weighted by atomic mass is 10.2. The summed E-state index contributed by atoms with van der Waals surface area (Å²) in [7, 11) is 4.02. The SMILES string of the molecule is CN(C)CCN(Cc1cccnc1)C(=O)Cn1ccc2ccc(Cl)cc21. The van der Waals surface area contributed by atoms with E-state index >= 15 is 0 Å². The first kappa shape index (κ1) is 18.4. The van der Waals surface area contributed by atoms with Crippen molar-refractivity contribution in [2.24, 2.45) is 0 Å². The zero-order valence-electron chi connectivity index (χ0n) is 15.1. The summed E-state index contributed by atoms with van der Waals surface area (Å²) in [6.07, 6.45) is 5.49. The Labute approximate surface area is 158 Å². The average molecular weight is 371 g/mol. The number of fused-ring (bicyclic) bond motifs is 1. The van der Waals surface area contributed by atoms with Gasteiger partial charge in [-0.25, -0.2) is 0 Å². The normalized spacial score (nSPS) is 11.2. The Morgan fingerprint density at radius 3 is 2.77 bits per heavy atom. The molecule has 3 rings (SSSR count). The minimum absolute atomic E-state index is 0.0770. The molecule has 0 atom stereocenters. The fourth-order valence-electron chi connectivity index (χ4n) is 2.87. The van der Waals surface area contributed by atoms with Crippen LogP contribution in [0, 0.1) is 0 Å². The molecule has 3 aromatic rings. The minimum atomic E-state index is 0.0770. The molecule has 0 unspecified atom stereocenters. The van der Waals surface area contributed by atoms with Gasteiger partial charge in [-0.2, -0.15) is 0 Å². The van der Waals surface area contributed by atoms with E-state index in [1.165, 1.54) is 0 Å². The van der Waals surface area contributed by atoms with Crippen LogP contribution in [0.3, 0.4) is 0 Å². The van der Waals surface area contributed by atoms with Crippen LogP contribution in [0.5, 0.6) is 0 Å². The van der Waals surface area contributed by atoms with E-state index < -0.39 is 0 Å². The van der Waals surface area contributed by atoms with Crippen molar-refractivity contribution in [1.82, 2.24) is 19.4 Å². The number of hydrogen-bond donors (Lipinski definition) is 0.